The zero-order chi connectivity index (χ0) is 93.0. The predicted octanol–water partition coefficient (Wildman–Crippen LogP) is 34.4. The average molecular weight is 1800 g/mol. The van der Waals surface area contributed by atoms with Gasteiger partial charge < -0.3 is 0 Å². The SMILES string of the molecule is c1ccc(-c2ccc(-c3nc4ccccc4nc3-n3c4ccc5ccccc5c4c4c5ccccc5c(-c5ccccc5)cc43)cc2)cc1.c1ccc(-c2cccc(-c3nc4ccccc4nc3-n3c4ccc5ccccc5c4c4c5ccccc5c(-c5ccccc5)cc43)c2)cc1.c1ccc(-c2nc3ccccc3nc2-n2c3ccc4ccccc4c3c3c4ccccc4c(-c4ccccc4)cc32)cc1. The van der Waals surface area contributed by atoms with Crippen LogP contribution in [0.4, 0.5) is 0 Å². The minimum Gasteiger partial charge on any atom is -0.292 e. The Morgan fingerprint density at radius 2 is 0.348 bits per heavy atom. The molecule has 0 amide bonds. The van der Waals surface area contributed by atoms with Crippen LogP contribution < -0.4 is 0 Å². The van der Waals surface area contributed by atoms with Gasteiger partial charge in [0.25, 0.3) is 0 Å². The van der Waals surface area contributed by atoms with Gasteiger partial charge in [-0.2, -0.15) is 0 Å². The second kappa shape index (κ2) is 34.1. The van der Waals surface area contributed by atoms with Crippen molar-refractivity contribution in [3.8, 4) is 107 Å². The third kappa shape index (κ3) is 13.9. The van der Waals surface area contributed by atoms with E-state index in [1.54, 1.807) is 0 Å². The second-order valence-electron chi connectivity index (χ2n) is 36.1. The van der Waals surface area contributed by atoms with Gasteiger partial charge in [0.15, 0.2) is 17.5 Å². The van der Waals surface area contributed by atoms with E-state index >= 15 is 0 Å². The average Bonchev–Trinajstić information content (AvgIpc) is 1.56. The van der Waals surface area contributed by atoms with Gasteiger partial charge in [0.2, 0.25) is 0 Å². The summed E-state index contributed by atoms with van der Waals surface area (Å²) < 4.78 is 7.06. The van der Waals surface area contributed by atoms with E-state index in [2.05, 4.69) is 463 Å². The standard InChI is InChI=1S/2C46H29N3.C40H25N3/c1-3-14-30(15-4-1)33-19-13-20-34(28-33)45-46(48-40-25-12-11-24-39(40)47-45)49-41-27-26-32-18-7-8-21-35(32)43(41)44-37-23-10-9-22-36(37)38(29-42(44)49)31-16-5-2-6-17-31;1-3-13-30(14-4-1)31-23-25-34(26-24-31)45-46(48-40-22-12-11-21-39(40)47-45)49-41-28-27-33-17-7-8-18-35(33)43(41)44-37-20-10-9-19-36(37)38(29-42(44)49)32-15-5-2-6-16-32;1-3-13-26(14-4-1)32-25-36-38(31-20-10-9-19-30(31)32)37-29-18-8-7-15-27(29)23-24-35(37)43(36)40-39(28-16-5-2-6-17-28)41-33-21-11-12-22-34(33)42-40/h2*1-29H;1-25H. The summed E-state index contributed by atoms with van der Waals surface area (Å²) in [7, 11) is 0. The maximum Gasteiger partial charge on any atom is 0.165 e. The van der Waals surface area contributed by atoms with Gasteiger partial charge in [-0.3, -0.25) is 13.7 Å². The van der Waals surface area contributed by atoms with Crippen LogP contribution in [-0.2, 0) is 0 Å². The summed E-state index contributed by atoms with van der Waals surface area (Å²) in [5, 5.41) is 22.1. The first-order valence-electron chi connectivity index (χ1n) is 48.0. The second-order valence-corrected chi connectivity index (χ2v) is 36.1. The van der Waals surface area contributed by atoms with Gasteiger partial charge >= 0.3 is 0 Å². The lowest BCUT2D eigenvalue weighted by molar-refractivity contribution is 1.08. The topological polar surface area (TPSA) is 92.1 Å². The lowest BCUT2D eigenvalue weighted by atomic mass is 9.94. The minimum absolute atomic E-state index is 0.813. The number of aromatic nitrogens is 9. The largest absolute Gasteiger partial charge is 0.292 e. The Labute approximate surface area is 811 Å². The van der Waals surface area contributed by atoms with Crippen molar-refractivity contribution in [1.82, 2.24) is 43.6 Å². The van der Waals surface area contributed by atoms with E-state index in [-0.39, 0.29) is 0 Å². The highest BCUT2D eigenvalue weighted by molar-refractivity contribution is 6.34. The molecule has 9 heteroatoms. The fourth-order valence-electron chi connectivity index (χ4n) is 21.7. The summed E-state index contributed by atoms with van der Waals surface area (Å²) in [6.07, 6.45) is 0. The number of hydrogen-bond acceptors (Lipinski definition) is 6. The predicted molar refractivity (Wildman–Crippen MR) is 590 cm³/mol. The molecule has 0 radical (unpaired) electrons. The van der Waals surface area contributed by atoms with Gasteiger partial charge in [0.05, 0.1) is 66.2 Å². The molecule has 141 heavy (non-hydrogen) atoms. The zero-order valence-corrected chi connectivity index (χ0v) is 76.4. The molecule has 9 nitrogen and oxygen atoms in total. The summed E-state index contributed by atoms with van der Waals surface area (Å²) in [6, 6.07) is 179. The van der Waals surface area contributed by atoms with Crippen LogP contribution in [0.15, 0.2) is 504 Å². The van der Waals surface area contributed by atoms with Crippen molar-refractivity contribution in [3.05, 3.63) is 504 Å². The number of rotatable bonds is 11. The quantitative estimate of drug-likeness (QED) is 0.128. The molecule has 29 rings (SSSR count). The number of fused-ring (bicyclic) bond motifs is 24. The van der Waals surface area contributed by atoms with Gasteiger partial charge in [-0.15, -0.1) is 0 Å². The van der Waals surface area contributed by atoms with Gasteiger partial charge in [0, 0.05) is 49.0 Å². The molecule has 0 fully saturated rings. The molecule has 0 atom stereocenters. The summed E-state index contributed by atoms with van der Waals surface area (Å²) in [6.45, 7) is 0. The number of nitrogens with zero attached hydrogens (tertiary/aromatic N) is 9. The van der Waals surface area contributed by atoms with Crippen molar-refractivity contribution in [3.63, 3.8) is 0 Å². The van der Waals surface area contributed by atoms with Crippen LogP contribution in [0, 0.1) is 0 Å². The highest BCUT2D eigenvalue weighted by atomic mass is 15.1. The lowest BCUT2D eigenvalue weighted by Crippen LogP contribution is -2.04. The fraction of sp³-hybridized carbons (Fsp3) is 0. The Morgan fingerprint density at radius 1 is 0.128 bits per heavy atom. The van der Waals surface area contributed by atoms with E-state index in [1.165, 1.54) is 147 Å². The van der Waals surface area contributed by atoms with Gasteiger partial charge in [-0.25, -0.2) is 29.9 Å². The molecule has 6 heterocycles. The monoisotopic (exact) mass is 1790 g/mol. The third-order valence-electron chi connectivity index (χ3n) is 28.1. The van der Waals surface area contributed by atoms with Crippen LogP contribution in [0.3, 0.4) is 0 Å². The molecule has 23 aromatic carbocycles. The van der Waals surface area contributed by atoms with Gasteiger partial charge in [-0.1, -0.05) is 425 Å². The lowest BCUT2D eigenvalue weighted by Gasteiger charge is -2.15. The maximum atomic E-state index is 5.46. The molecule has 0 aliphatic rings. The van der Waals surface area contributed by atoms with Crippen LogP contribution in [0.5, 0.6) is 0 Å². The Bertz CT molecular complexity index is 10000. The molecule has 0 saturated heterocycles. The zero-order valence-electron chi connectivity index (χ0n) is 76.4. The first-order valence-corrected chi connectivity index (χ1v) is 48.0. The molecule has 0 N–H and O–H groups in total. The molecule has 0 saturated carbocycles. The minimum atomic E-state index is 0.813. The van der Waals surface area contributed by atoms with E-state index in [4.69, 9.17) is 29.9 Å². The summed E-state index contributed by atoms with van der Waals surface area (Å²) in [5.74, 6) is 2.46. The van der Waals surface area contributed by atoms with E-state index in [9.17, 15) is 0 Å². The smallest absolute Gasteiger partial charge is 0.165 e. The van der Waals surface area contributed by atoms with E-state index < -0.39 is 0 Å². The van der Waals surface area contributed by atoms with E-state index in [0.717, 1.165) is 123 Å². The number of benzene rings is 23. The Morgan fingerprint density at radius 3 is 0.681 bits per heavy atom. The van der Waals surface area contributed by atoms with E-state index in [1.807, 2.05) is 54.6 Å². The van der Waals surface area contributed by atoms with Crippen LogP contribution in [-0.4, -0.2) is 43.6 Å². The Kier molecular flexibility index (Phi) is 19.8. The summed E-state index contributed by atoms with van der Waals surface area (Å²) in [4.78, 5) is 32.2. The molecule has 6 aromatic heterocycles. The Balaban J connectivity index is 0.000000106. The molecule has 0 aliphatic heterocycles. The molecule has 0 unspecified atom stereocenters. The van der Waals surface area contributed by atoms with Crippen LogP contribution in [0.1, 0.15) is 0 Å². The Hall–Kier alpha value is -19.0. The normalized spacial score (nSPS) is 11.7. The van der Waals surface area contributed by atoms with Crippen molar-refractivity contribution in [2.24, 2.45) is 0 Å². The van der Waals surface area contributed by atoms with Gasteiger partial charge in [0.1, 0.15) is 17.1 Å². The third-order valence-corrected chi connectivity index (χ3v) is 28.1. The van der Waals surface area contributed by atoms with Crippen molar-refractivity contribution >= 4 is 163 Å². The summed E-state index contributed by atoms with van der Waals surface area (Å²) in [5.41, 5.74) is 29.3. The van der Waals surface area contributed by atoms with Crippen LogP contribution >= 0.6 is 0 Å². The van der Waals surface area contributed by atoms with Gasteiger partial charge in [-0.05, 0) is 199 Å². The fourth-order valence-corrected chi connectivity index (χ4v) is 21.7. The van der Waals surface area contributed by atoms with Crippen molar-refractivity contribution in [2.45, 2.75) is 0 Å². The van der Waals surface area contributed by atoms with Crippen molar-refractivity contribution in [1.29, 1.82) is 0 Å². The molecule has 0 aliphatic carbocycles. The molecule has 29 aromatic rings. The van der Waals surface area contributed by atoms with Crippen molar-refractivity contribution in [2.75, 3.05) is 0 Å². The highest BCUT2D eigenvalue weighted by Crippen LogP contribution is 2.51. The molecular formula is C132H83N9. The molecule has 0 bridgehead atoms. The highest BCUT2D eigenvalue weighted by Gasteiger charge is 2.29. The maximum absolute atomic E-state index is 5.46. The molecular weight excluding hydrogens is 1710 g/mol. The van der Waals surface area contributed by atoms with E-state index in [0.29, 0.717) is 0 Å². The first kappa shape index (κ1) is 81.6. The molecule has 656 valence electrons. The molecule has 0 spiro atoms. The number of para-hydroxylation sites is 6. The van der Waals surface area contributed by atoms with Crippen molar-refractivity contribution < 1.29 is 0 Å². The first-order chi connectivity index (χ1) is 70.0. The number of hydrogen-bond donors (Lipinski definition) is 0. The van der Waals surface area contributed by atoms with Crippen LogP contribution in [0.2, 0.25) is 0 Å². The summed E-state index contributed by atoms with van der Waals surface area (Å²) >= 11 is 0. The van der Waals surface area contributed by atoms with Crippen LogP contribution in [0.25, 0.3) is 270 Å².